The molecule has 0 spiro atoms. The van der Waals surface area contributed by atoms with Crippen molar-refractivity contribution in [2.24, 2.45) is 11.3 Å². The van der Waals surface area contributed by atoms with Gasteiger partial charge in [-0.1, -0.05) is 44.2 Å². The van der Waals surface area contributed by atoms with Gasteiger partial charge in [0.15, 0.2) is 5.82 Å². The van der Waals surface area contributed by atoms with E-state index >= 15 is 0 Å². The smallest absolute Gasteiger partial charge is 0.379 e. The van der Waals surface area contributed by atoms with Crippen LogP contribution in [0, 0.1) is 29.9 Å². The van der Waals surface area contributed by atoms with Gasteiger partial charge in [-0.15, -0.1) is 0 Å². The number of benzene rings is 2. The number of carbonyl (C=O) groups excluding carboxylic acids is 1. The molecule has 1 aliphatic rings. The average molecular weight is 523 g/mol. The molecule has 1 fully saturated rings. The summed E-state index contributed by atoms with van der Waals surface area (Å²) in [5, 5.41) is 3.86. The second-order valence-corrected chi connectivity index (χ2v) is 9.54. The summed E-state index contributed by atoms with van der Waals surface area (Å²) < 4.78 is 91.7. The topological polar surface area (TPSA) is 41.1 Å². The first-order valence-corrected chi connectivity index (χ1v) is 10.8. The van der Waals surface area contributed by atoms with E-state index in [1.807, 2.05) is 13.8 Å². The van der Waals surface area contributed by atoms with Crippen molar-refractivity contribution in [1.82, 2.24) is 5.32 Å². The number of carbonyl (C=O) groups is 1. The Morgan fingerprint density at radius 2 is 1.74 bits per heavy atom. The van der Waals surface area contributed by atoms with E-state index in [1.165, 1.54) is 6.07 Å². The highest BCUT2D eigenvalue weighted by atomic mass is 35.5. The van der Waals surface area contributed by atoms with Crippen molar-refractivity contribution in [3.63, 3.8) is 0 Å². The van der Waals surface area contributed by atoms with Gasteiger partial charge in [-0.2, -0.15) is 22.0 Å². The Bertz CT molecular complexity index is 1180. The Labute approximate surface area is 202 Å². The molecular formula is C24H22ClF7N2O. The number of amides is 1. The SMILES string of the molecule is C=C(NCC(F)(F)C(F)(F)F)c1cc(NC(=O)C2C(c3ccc(F)c(C)c3)C2(C)C)cc(Cl)c1F. The Balaban J connectivity index is 1.78. The number of rotatable bonds is 7. The molecule has 3 nitrogen and oxygen atoms in total. The summed E-state index contributed by atoms with van der Waals surface area (Å²) in [6.07, 6.45) is -5.80. The number of hydrogen-bond acceptors (Lipinski definition) is 2. The van der Waals surface area contributed by atoms with Gasteiger partial charge in [-0.05, 0) is 41.7 Å². The van der Waals surface area contributed by atoms with Crippen LogP contribution in [0.5, 0.6) is 0 Å². The number of anilines is 1. The first-order valence-electron chi connectivity index (χ1n) is 10.4. The lowest BCUT2D eigenvalue weighted by Crippen LogP contribution is -2.44. The van der Waals surface area contributed by atoms with E-state index in [4.69, 9.17) is 11.6 Å². The summed E-state index contributed by atoms with van der Waals surface area (Å²) in [6.45, 7) is 6.78. The number of nitrogens with one attached hydrogen (secondary N) is 2. The highest BCUT2D eigenvalue weighted by Crippen LogP contribution is 2.64. The lowest BCUT2D eigenvalue weighted by Gasteiger charge is -2.21. The van der Waals surface area contributed by atoms with Gasteiger partial charge in [0.1, 0.15) is 5.82 Å². The molecule has 0 aliphatic heterocycles. The lowest BCUT2D eigenvalue weighted by molar-refractivity contribution is -0.278. The number of alkyl halides is 5. The van der Waals surface area contributed by atoms with Gasteiger partial charge in [-0.25, -0.2) is 8.78 Å². The third-order valence-electron chi connectivity index (χ3n) is 6.21. The fourth-order valence-electron chi connectivity index (χ4n) is 4.12. The highest BCUT2D eigenvalue weighted by molar-refractivity contribution is 6.31. The first-order chi connectivity index (χ1) is 16.0. The molecule has 1 saturated carbocycles. The van der Waals surface area contributed by atoms with Gasteiger partial charge >= 0.3 is 12.1 Å². The van der Waals surface area contributed by atoms with Crippen LogP contribution in [0.1, 0.15) is 36.5 Å². The summed E-state index contributed by atoms with van der Waals surface area (Å²) in [4.78, 5) is 13.0. The van der Waals surface area contributed by atoms with E-state index in [2.05, 4.69) is 11.9 Å². The third-order valence-corrected chi connectivity index (χ3v) is 6.49. The lowest BCUT2D eigenvalue weighted by atomic mass is 10.0. The van der Waals surface area contributed by atoms with E-state index in [0.717, 1.165) is 17.7 Å². The molecule has 0 heterocycles. The van der Waals surface area contributed by atoms with Gasteiger partial charge in [0.2, 0.25) is 5.91 Å². The maximum absolute atomic E-state index is 14.5. The van der Waals surface area contributed by atoms with Gasteiger partial charge in [0.25, 0.3) is 0 Å². The Hall–Kier alpha value is -2.75. The second-order valence-electron chi connectivity index (χ2n) is 9.13. The fraction of sp³-hybridized carbons (Fsp3) is 0.375. The summed E-state index contributed by atoms with van der Waals surface area (Å²) >= 11 is 5.86. The number of hydrogen-bond donors (Lipinski definition) is 2. The number of aryl methyl sites for hydroxylation is 1. The molecule has 2 atom stereocenters. The van der Waals surface area contributed by atoms with Crippen LogP contribution < -0.4 is 10.6 Å². The van der Waals surface area contributed by atoms with E-state index in [0.29, 0.717) is 5.56 Å². The minimum Gasteiger partial charge on any atom is -0.379 e. The van der Waals surface area contributed by atoms with Crippen LogP contribution >= 0.6 is 11.6 Å². The minimum absolute atomic E-state index is 0.00123. The average Bonchev–Trinajstić information content (AvgIpc) is 3.32. The molecule has 0 radical (unpaired) electrons. The van der Waals surface area contributed by atoms with Crippen molar-refractivity contribution in [1.29, 1.82) is 0 Å². The molecule has 0 aromatic heterocycles. The largest absolute Gasteiger partial charge is 0.455 e. The second kappa shape index (κ2) is 9.04. The first kappa shape index (κ1) is 26.8. The molecule has 1 amide bonds. The molecule has 190 valence electrons. The predicted octanol–water partition coefficient (Wildman–Crippen LogP) is 7.06. The summed E-state index contributed by atoms with van der Waals surface area (Å²) in [7, 11) is 0. The molecule has 0 saturated heterocycles. The molecule has 0 bridgehead atoms. The van der Waals surface area contributed by atoms with Crippen molar-refractivity contribution in [3.8, 4) is 0 Å². The van der Waals surface area contributed by atoms with Crippen molar-refractivity contribution in [3.05, 3.63) is 70.3 Å². The Morgan fingerprint density at radius 3 is 2.31 bits per heavy atom. The van der Waals surface area contributed by atoms with E-state index in [9.17, 15) is 35.5 Å². The molecule has 2 unspecified atom stereocenters. The normalized spacial score (nSPS) is 19.3. The third kappa shape index (κ3) is 5.27. The maximum Gasteiger partial charge on any atom is 0.455 e. The van der Waals surface area contributed by atoms with Gasteiger partial charge < -0.3 is 10.6 Å². The molecule has 35 heavy (non-hydrogen) atoms. The molecule has 2 aromatic rings. The quantitative estimate of drug-likeness (QED) is 0.382. The molecule has 2 aromatic carbocycles. The van der Waals surface area contributed by atoms with Crippen LogP contribution in [-0.2, 0) is 4.79 Å². The summed E-state index contributed by atoms with van der Waals surface area (Å²) in [5.74, 6) is -7.75. The molecule has 11 heteroatoms. The molecular weight excluding hydrogens is 501 g/mol. The zero-order chi connectivity index (χ0) is 26.5. The predicted molar refractivity (Wildman–Crippen MR) is 119 cm³/mol. The Morgan fingerprint density at radius 1 is 1.11 bits per heavy atom. The van der Waals surface area contributed by atoms with E-state index < -0.39 is 58.0 Å². The Kier molecular flexibility index (Phi) is 6.93. The maximum atomic E-state index is 14.5. The van der Waals surface area contributed by atoms with Crippen LogP contribution in [0.15, 0.2) is 36.9 Å². The molecule has 3 rings (SSSR count). The summed E-state index contributed by atoms with van der Waals surface area (Å²) in [6, 6.07) is 6.70. The van der Waals surface area contributed by atoms with E-state index in [1.54, 1.807) is 24.4 Å². The zero-order valence-corrected chi connectivity index (χ0v) is 19.6. The van der Waals surface area contributed by atoms with Crippen molar-refractivity contribution >= 4 is 28.9 Å². The zero-order valence-electron chi connectivity index (χ0n) is 18.9. The monoisotopic (exact) mass is 522 g/mol. The van der Waals surface area contributed by atoms with Crippen LogP contribution in [0.2, 0.25) is 5.02 Å². The standard InChI is InChI=1S/C24H22ClF7N2O/c1-11-7-13(5-6-17(11)26)18-19(22(18,3)4)21(35)34-14-8-15(20(27)16(25)9-14)12(2)33-10-23(28,29)24(30,31)32/h5-9,18-19,33H,2,10H2,1,3-4H3,(H,34,35). The van der Waals surface area contributed by atoms with Crippen LogP contribution in [0.4, 0.5) is 36.4 Å². The van der Waals surface area contributed by atoms with Gasteiger partial charge in [0, 0.05) is 22.9 Å². The highest BCUT2D eigenvalue weighted by Gasteiger charge is 2.62. The fourth-order valence-corrected chi connectivity index (χ4v) is 4.34. The van der Waals surface area contributed by atoms with E-state index in [-0.39, 0.29) is 17.4 Å². The van der Waals surface area contributed by atoms with Crippen LogP contribution in [0.3, 0.4) is 0 Å². The van der Waals surface area contributed by atoms with Crippen LogP contribution in [-0.4, -0.2) is 24.6 Å². The minimum atomic E-state index is -5.80. The molecule has 2 N–H and O–H groups in total. The van der Waals surface area contributed by atoms with Crippen LogP contribution in [0.25, 0.3) is 5.70 Å². The van der Waals surface area contributed by atoms with Crippen molar-refractivity contribution in [2.45, 2.75) is 38.8 Å². The van der Waals surface area contributed by atoms with Crippen molar-refractivity contribution < 1.29 is 35.5 Å². The summed E-state index contributed by atoms with van der Waals surface area (Å²) in [5.41, 5.74) is -0.326. The van der Waals surface area contributed by atoms with Gasteiger partial charge in [0.05, 0.1) is 17.5 Å². The van der Waals surface area contributed by atoms with Crippen molar-refractivity contribution in [2.75, 3.05) is 11.9 Å². The number of halogens is 8. The van der Waals surface area contributed by atoms with Gasteiger partial charge in [-0.3, -0.25) is 4.79 Å². The molecule has 1 aliphatic carbocycles.